The molecule has 2 heteroatoms. The maximum Gasteiger partial charge on any atom is 0.00745 e. The van der Waals surface area contributed by atoms with E-state index in [0.717, 1.165) is 19.6 Å². The molecule has 0 fully saturated rings. The van der Waals surface area contributed by atoms with Gasteiger partial charge in [0.25, 0.3) is 0 Å². The normalized spacial score (nSPS) is 10.1. The minimum atomic E-state index is 0.756. The van der Waals surface area contributed by atoms with Crippen molar-refractivity contribution in [1.29, 1.82) is 0 Å². The average Bonchev–Trinajstić information content (AvgIpc) is 2.70. The Balaban J connectivity index is -0.00000123. The van der Waals surface area contributed by atoms with Crippen LogP contribution in [0.1, 0.15) is 96.8 Å². The zero-order valence-electron chi connectivity index (χ0n) is 18.1. The van der Waals surface area contributed by atoms with Gasteiger partial charge in [-0.25, -0.2) is 0 Å². The summed E-state index contributed by atoms with van der Waals surface area (Å²) in [4.78, 5) is 0. The van der Waals surface area contributed by atoms with E-state index in [0.29, 0.717) is 0 Å². The van der Waals surface area contributed by atoms with Gasteiger partial charge >= 0.3 is 0 Å². The maximum atomic E-state index is 5.43. The van der Waals surface area contributed by atoms with Gasteiger partial charge in [-0.3, -0.25) is 0 Å². The van der Waals surface area contributed by atoms with Crippen molar-refractivity contribution in [2.24, 2.45) is 5.73 Å². The molecule has 3 N–H and O–H groups in total. The highest BCUT2D eigenvalue weighted by Crippen LogP contribution is 2.09. The van der Waals surface area contributed by atoms with Crippen LogP contribution in [-0.4, -0.2) is 19.6 Å². The van der Waals surface area contributed by atoms with Gasteiger partial charge in [-0.1, -0.05) is 76.9 Å². The minimum absolute atomic E-state index is 0.756. The van der Waals surface area contributed by atoms with Crippen LogP contribution in [0.25, 0.3) is 0 Å². The first-order chi connectivity index (χ1) is 12.9. The Morgan fingerprint density at radius 2 is 1.04 bits per heavy atom. The van der Waals surface area contributed by atoms with Gasteiger partial charge in [0.2, 0.25) is 0 Å². The summed E-state index contributed by atoms with van der Waals surface area (Å²) < 4.78 is 0. The summed E-state index contributed by atoms with van der Waals surface area (Å²) in [5, 5.41) is 3.35. The van der Waals surface area contributed by atoms with Gasteiger partial charge in [0.1, 0.15) is 0 Å². The van der Waals surface area contributed by atoms with Crippen LogP contribution in [0, 0.1) is 0 Å². The fourth-order valence-corrected chi connectivity index (χ4v) is 2.72. The molecule has 2 nitrogen and oxygen atoms in total. The predicted octanol–water partition coefficient (Wildman–Crippen LogP) is 7.18. The second-order valence-electron chi connectivity index (χ2n) is 6.48. The molecule has 0 heterocycles. The summed E-state index contributed by atoms with van der Waals surface area (Å²) in [5.74, 6) is 0. The lowest BCUT2D eigenvalue weighted by atomic mass is 10.1. The number of hydrogen-bond donors (Lipinski definition) is 2. The van der Waals surface area contributed by atoms with Crippen LogP contribution in [-0.2, 0) is 0 Å². The molecule has 0 spiro atoms. The molecule has 0 aromatic heterocycles. The first-order valence-corrected chi connectivity index (χ1v) is 11.0. The average molecular weight is 367 g/mol. The van der Waals surface area contributed by atoms with Gasteiger partial charge in [0.15, 0.2) is 0 Å². The molecule has 0 saturated carbocycles. The van der Waals surface area contributed by atoms with Gasteiger partial charge in [-0.15, -0.1) is 26.3 Å². The lowest BCUT2D eigenvalue weighted by Gasteiger charge is -2.03. The van der Waals surface area contributed by atoms with Crippen molar-refractivity contribution in [3.05, 3.63) is 38.5 Å². The molecule has 156 valence electrons. The third-order valence-electron chi connectivity index (χ3n) is 4.19. The van der Waals surface area contributed by atoms with Crippen LogP contribution in [0.15, 0.2) is 38.5 Å². The standard InChI is InChI=1S/C20H42N2.2C2H4/c1-2-3-4-5-6-7-8-9-10-11-12-13-14-15-16-17-19-22-20-18-21;2*1-2/h9-10,22H,2-8,11-21H2,1H3;2*1-2H2. The number of allylic oxidation sites excluding steroid dienone is 2. The van der Waals surface area contributed by atoms with E-state index in [-0.39, 0.29) is 0 Å². The van der Waals surface area contributed by atoms with Crippen LogP contribution in [0.5, 0.6) is 0 Å². The Labute approximate surface area is 166 Å². The predicted molar refractivity (Wildman–Crippen MR) is 124 cm³/mol. The fraction of sp³-hybridized carbons (Fsp3) is 0.750. The molecule has 0 aliphatic rings. The topological polar surface area (TPSA) is 38.0 Å². The molecule has 0 amide bonds. The quantitative estimate of drug-likeness (QED) is 0.199. The first kappa shape index (κ1) is 29.9. The number of nitrogens with two attached hydrogens (primary N) is 1. The number of nitrogens with one attached hydrogen (secondary N) is 1. The summed E-state index contributed by atoms with van der Waals surface area (Å²) in [7, 11) is 0. The Hall–Kier alpha value is -0.860. The van der Waals surface area contributed by atoms with Crippen LogP contribution < -0.4 is 11.1 Å². The third-order valence-corrected chi connectivity index (χ3v) is 4.19. The van der Waals surface area contributed by atoms with E-state index in [1.165, 1.54) is 89.9 Å². The van der Waals surface area contributed by atoms with Gasteiger partial charge in [0.05, 0.1) is 0 Å². The molecule has 0 unspecified atom stereocenters. The van der Waals surface area contributed by atoms with Crippen LogP contribution >= 0.6 is 0 Å². The Kier molecular flexibility index (Phi) is 40.6. The van der Waals surface area contributed by atoms with Crippen molar-refractivity contribution < 1.29 is 0 Å². The highest BCUT2D eigenvalue weighted by atomic mass is 14.9. The van der Waals surface area contributed by atoms with Crippen molar-refractivity contribution in [3.63, 3.8) is 0 Å². The van der Waals surface area contributed by atoms with Crippen molar-refractivity contribution >= 4 is 0 Å². The van der Waals surface area contributed by atoms with E-state index < -0.39 is 0 Å². The Bertz CT molecular complexity index is 236. The molecule has 0 aliphatic carbocycles. The van der Waals surface area contributed by atoms with Crippen LogP contribution in [0.2, 0.25) is 0 Å². The smallest absolute Gasteiger partial charge is 0.00745 e. The molecule has 0 aromatic carbocycles. The number of hydrogen-bond acceptors (Lipinski definition) is 2. The van der Waals surface area contributed by atoms with Crippen LogP contribution in [0.3, 0.4) is 0 Å². The van der Waals surface area contributed by atoms with E-state index in [4.69, 9.17) is 5.73 Å². The van der Waals surface area contributed by atoms with Gasteiger partial charge in [0, 0.05) is 13.1 Å². The number of unbranched alkanes of at least 4 members (excludes halogenated alkanes) is 12. The van der Waals surface area contributed by atoms with Gasteiger partial charge in [-0.05, 0) is 38.6 Å². The molecular formula is C24H50N2. The van der Waals surface area contributed by atoms with E-state index in [2.05, 4.69) is 50.7 Å². The minimum Gasteiger partial charge on any atom is -0.329 e. The van der Waals surface area contributed by atoms with Crippen molar-refractivity contribution in [3.8, 4) is 0 Å². The molecular weight excluding hydrogens is 316 g/mol. The summed E-state index contributed by atoms with van der Waals surface area (Å²) >= 11 is 0. The van der Waals surface area contributed by atoms with E-state index in [9.17, 15) is 0 Å². The monoisotopic (exact) mass is 366 g/mol. The van der Waals surface area contributed by atoms with E-state index >= 15 is 0 Å². The molecule has 0 radical (unpaired) electrons. The molecule has 0 aliphatic heterocycles. The van der Waals surface area contributed by atoms with Crippen molar-refractivity contribution in [2.75, 3.05) is 19.6 Å². The van der Waals surface area contributed by atoms with Gasteiger partial charge in [-0.2, -0.15) is 0 Å². The van der Waals surface area contributed by atoms with E-state index in [1.807, 2.05) is 0 Å². The Morgan fingerprint density at radius 1 is 0.615 bits per heavy atom. The zero-order chi connectivity index (χ0) is 20.1. The largest absolute Gasteiger partial charge is 0.329 e. The SMILES string of the molecule is C=C.C=C.CCCCCCCCC=CCCCCCCCCNCCN. The Morgan fingerprint density at radius 3 is 1.50 bits per heavy atom. The zero-order valence-corrected chi connectivity index (χ0v) is 18.1. The molecule has 0 atom stereocenters. The molecule has 26 heavy (non-hydrogen) atoms. The lowest BCUT2D eigenvalue weighted by molar-refractivity contribution is 0.569. The van der Waals surface area contributed by atoms with Crippen molar-refractivity contribution in [2.45, 2.75) is 96.8 Å². The van der Waals surface area contributed by atoms with Crippen molar-refractivity contribution in [1.82, 2.24) is 5.32 Å². The second-order valence-corrected chi connectivity index (χ2v) is 6.48. The second kappa shape index (κ2) is 35.3. The maximum absolute atomic E-state index is 5.43. The summed E-state index contributed by atoms with van der Waals surface area (Å²) in [5.41, 5.74) is 5.43. The molecule has 0 aromatic rings. The van der Waals surface area contributed by atoms with Gasteiger partial charge < -0.3 is 11.1 Å². The highest BCUT2D eigenvalue weighted by Gasteiger charge is 1.91. The fourth-order valence-electron chi connectivity index (χ4n) is 2.72. The van der Waals surface area contributed by atoms with Crippen LogP contribution in [0.4, 0.5) is 0 Å². The summed E-state index contributed by atoms with van der Waals surface area (Å²) in [6.07, 6.45) is 24.1. The first-order valence-electron chi connectivity index (χ1n) is 11.0. The molecule has 0 rings (SSSR count). The highest BCUT2D eigenvalue weighted by molar-refractivity contribution is 4.81. The number of rotatable bonds is 18. The lowest BCUT2D eigenvalue weighted by Crippen LogP contribution is -2.23. The van der Waals surface area contributed by atoms with E-state index in [1.54, 1.807) is 0 Å². The summed E-state index contributed by atoms with van der Waals surface area (Å²) in [6, 6.07) is 0. The third kappa shape index (κ3) is 34.5. The molecule has 0 saturated heterocycles. The summed E-state index contributed by atoms with van der Waals surface area (Å²) in [6.45, 7) is 17.1. The molecule has 0 bridgehead atoms.